The Morgan fingerprint density at radius 2 is 1.93 bits per heavy atom. The molecule has 1 rings (SSSR count). The van der Waals surface area contributed by atoms with Crippen LogP contribution in [-0.2, 0) is 10.3 Å². The van der Waals surface area contributed by atoms with Gasteiger partial charge in [-0.15, -0.1) is 0 Å². The van der Waals surface area contributed by atoms with Crippen molar-refractivity contribution >= 4 is 21.9 Å². The van der Waals surface area contributed by atoms with Crippen LogP contribution in [0.5, 0.6) is 17.2 Å². The van der Waals surface area contributed by atoms with E-state index in [1.54, 1.807) is 0 Å². The van der Waals surface area contributed by atoms with Gasteiger partial charge in [-0.2, -0.15) is 13.6 Å². The first-order chi connectivity index (χ1) is 6.83. The Morgan fingerprint density at radius 1 is 1.40 bits per heavy atom. The highest BCUT2D eigenvalue weighted by Crippen LogP contribution is 2.39. The number of hydrogen-bond donors (Lipinski definition) is 2. The number of methoxy groups -OCH3 is 1. The summed E-state index contributed by atoms with van der Waals surface area (Å²) in [6, 6.07) is 2.40. The molecule has 0 aromatic heterocycles. The summed E-state index contributed by atoms with van der Waals surface area (Å²) in [6.07, 6.45) is 0. The van der Waals surface area contributed by atoms with Crippen LogP contribution in [0.15, 0.2) is 12.1 Å². The second kappa shape index (κ2) is 4.13. The van der Waals surface area contributed by atoms with Crippen molar-refractivity contribution in [2.75, 3.05) is 7.11 Å². The van der Waals surface area contributed by atoms with Crippen molar-refractivity contribution in [1.29, 1.82) is 0 Å². The molecule has 15 heavy (non-hydrogen) atoms. The molecule has 0 spiro atoms. The smallest absolute Gasteiger partial charge is 0.380 e. The van der Waals surface area contributed by atoms with E-state index in [0.29, 0.717) is 0 Å². The zero-order chi connectivity index (χ0) is 11.6. The highest BCUT2D eigenvalue weighted by atomic mass is 35.5. The maximum atomic E-state index is 10.6. The van der Waals surface area contributed by atoms with E-state index in [1.165, 1.54) is 13.2 Å². The first-order valence-electron chi connectivity index (χ1n) is 3.62. The number of hydrogen-bond acceptors (Lipinski definition) is 5. The average molecular weight is 254 g/mol. The summed E-state index contributed by atoms with van der Waals surface area (Å²) < 4.78 is 30.3. The Bertz CT molecular complexity index is 473. The van der Waals surface area contributed by atoms with Gasteiger partial charge in [-0.05, 0) is 0 Å². The van der Waals surface area contributed by atoms with Gasteiger partial charge in [0.2, 0.25) is 5.75 Å². The third kappa shape index (κ3) is 3.15. The van der Waals surface area contributed by atoms with E-state index in [9.17, 15) is 13.5 Å². The molecule has 0 amide bonds. The second-order valence-electron chi connectivity index (χ2n) is 2.53. The van der Waals surface area contributed by atoms with Gasteiger partial charge in [0.1, 0.15) is 0 Å². The minimum Gasteiger partial charge on any atom is -0.502 e. The Morgan fingerprint density at radius 3 is 2.40 bits per heavy atom. The standard InChI is InChI=1S/C7H8ClNO5S/c1-13-5-2-4(8)3-6(7(5)10)14-15(9,11)12/h2-3,10H,1H3,(H2,9,11,12). The van der Waals surface area contributed by atoms with Crippen LogP contribution in [-0.4, -0.2) is 20.6 Å². The van der Waals surface area contributed by atoms with E-state index in [4.69, 9.17) is 16.3 Å². The van der Waals surface area contributed by atoms with Crippen molar-refractivity contribution in [3.05, 3.63) is 17.2 Å². The Labute approximate surface area is 91.4 Å². The van der Waals surface area contributed by atoms with E-state index in [0.717, 1.165) is 6.07 Å². The SMILES string of the molecule is COc1cc(Cl)cc(OS(N)(=O)=O)c1O. The number of rotatable bonds is 3. The van der Waals surface area contributed by atoms with Crippen LogP contribution in [0.1, 0.15) is 0 Å². The normalized spacial score (nSPS) is 11.1. The molecule has 0 unspecified atom stereocenters. The monoisotopic (exact) mass is 253 g/mol. The van der Waals surface area contributed by atoms with Crippen molar-refractivity contribution in [3.63, 3.8) is 0 Å². The average Bonchev–Trinajstić information content (AvgIpc) is 2.08. The van der Waals surface area contributed by atoms with Gasteiger partial charge in [-0.25, -0.2) is 0 Å². The first-order valence-corrected chi connectivity index (χ1v) is 5.47. The van der Waals surface area contributed by atoms with Crippen molar-refractivity contribution in [2.45, 2.75) is 0 Å². The molecule has 0 atom stereocenters. The molecule has 8 heteroatoms. The molecule has 0 saturated carbocycles. The molecule has 0 saturated heterocycles. The van der Waals surface area contributed by atoms with Crippen LogP contribution in [0.3, 0.4) is 0 Å². The highest BCUT2D eigenvalue weighted by molar-refractivity contribution is 7.84. The van der Waals surface area contributed by atoms with Crippen molar-refractivity contribution in [1.82, 2.24) is 0 Å². The van der Waals surface area contributed by atoms with Crippen molar-refractivity contribution in [3.8, 4) is 17.2 Å². The van der Waals surface area contributed by atoms with Gasteiger partial charge in [0.25, 0.3) is 0 Å². The zero-order valence-corrected chi connectivity index (χ0v) is 9.17. The van der Waals surface area contributed by atoms with Crippen LogP contribution in [0.4, 0.5) is 0 Å². The summed E-state index contributed by atoms with van der Waals surface area (Å²) in [6.45, 7) is 0. The largest absolute Gasteiger partial charge is 0.502 e. The Kier molecular flexibility index (Phi) is 3.28. The molecule has 0 bridgehead atoms. The van der Waals surface area contributed by atoms with Gasteiger partial charge in [-0.3, -0.25) is 0 Å². The van der Waals surface area contributed by atoms with Gasteiger partial charge in [0, 0.05) is 17.2 Å². The zero-order valence-electron chi connectivity index (χ0n) is 7.60. The van der Waals surface area contributed by atoms with E-state index in [2.05, 4.69) is 9.32 Å². The highest BCUT2D eigenvalue weighted by Gasteiger charge is 2.15. The van der Waals surface area contributed by atoms with Gasteiger partial charge < -0.3 is 14.0 Å². The maximum absolute atomic E-state index is 10.6. The number of ether oxygens (including phenoxy) is 1. The lowest BCUT2D eigenvalue weighted by atomic mass is 10.3. The molecule has 0 fully saturated rings. The van der Waals surface area contributed by atoms with E-state index in [1.807, 2.05) is 0 Å². The van der Waals surface area contributed by atoms with Crippen LogP contribution >= 0.6 is 11.6 Å². The van der Waals surface area contributed by atoms with Gasteiger partial charge in [0.15, 0.2) is 11.5 Å². The van der Waals surface area contributed by atoms with Crippen molar-refractivity contribution < 1.29 is 22.4 Å². The van der Waals surface area contributed by atoms with E-state index in [-0.39, 0.29) is 16.5 Å². The van der Waals surface area contributed by atoms with E-state index < -0.39 is 16.1 Å². The predicted octanol–water partition coefficient (Wildman–Crippen LogP) is 0.637. The molecule has 1 aromatic rings. The Hall–Kier alpha value is -1.18. The molecule has 1 aromatic carbocycles. The summed E-state index contributed by atoms with van der Waals surface area (Å²) in [5.74, 6) is -0.890. The van der Waals surface area contributed by atoms with Crippen LogP contribution < -0.4 is 14.1 Å². The van der Waals surface area contributed by atoms with Gasteiger partial charge in [0.05, 0.1) is 7.11 Å². The quantitative estimate of drug-likeness (QED) is 0.823. The first kappa shape index (κ1) is 11.9. The van der Waals surface area contributed by atoms with Crippen LogP contribution in [0.25, 0.3) is 0 Å². The lowest BCUT2D eigenvalue weighted by molar-refractivity contribution is 0.361. The fourth-order valence-electron chi connectivity index (χ4n) is 0.895. The van der Waals surface area contributed by atoms with Crippen LogP contribution in [0.2, 0.25) is 5.02 Å². The minimum atomic E-state index is -4.22. The topological polar surface area (TPSA) is 98.9 Å². The molecule has 0 aliphatic rings. The summed E-state index contributed by atoms with van der Waals surface area (Å²) in [4.78, 5) is 0. The molecule has 0 heterocycles. The third-order valence-electron chi connectivity index (χ3n) is 1.43. The fourth-order valence-corrected chi connectivity index (χ4v) is 1.47. The maximum Gasteiger partial charge on any atom is 0.380 e. The summed E-state index contributed by atoms with van der Waals surface area (Å²) in [5.41, 5.74) is 0. The molecular formula is C7H8ClNO5S. The summed E-state index contributed by atoms with van der Waals surface area (Å²) in [7, 11) is -2.93. The number of phenols is 1. The lowest BCUT2D eigenvalue weighted by Gasteiger charge is -2.08. The number of benzene rings is 1. The minimum absolute atomic E-state index is 0.0128. The second-order valence-corrected chi connectivity index (χ2v) is 4.12. The summed E-state index contributed by atoms with van der Waals surface area (Å²) >= 11 is 5.62. The summed E-state index contributed by atoms with van der Waals surface area (Å²) in [5, 5.41) is 14.2. The fraction of sp³-hybridized carbons (Fsp3) is 0.143. The third-order valence-corrected chi connectivity index (χ3v) is 2.06. The number of phenolic OH excluding ortho intramolecular Hbond substituents is 1. The predicted molar refractivity (Wildman–Crippen MR) is 53.4 cm³/mol. The van der Waals surface area contributed by atoms with Gasteiger partial charge in [-0.1, -0.05) is 11.6 Å². The number of nitrogens with two attached hydrogens (primary N) is 1. The molecule has 0 aliphatic carbocycles. The lowest BCUT2D eigenvalue weighted by Crippen LogP contribution is -2.19. The Balaban J connectivity index is 3.24. The van der Waals surface area contributed by atoms with E-state index >= 15 is 0 Å². The molecule has 0 aliphatic heterocycles. The molecule has 0 radical (unpaired) electrons. The number of aromatic hydroxyl groups is 1. The molecular weight excluding hydrogens is 246 g/mol. The van der Waals surface area contributed by atoms with Crippen LogP contribution in [0, 0.1) is 0 Å². The van der Waals surface area contributed by atoms with Gasteiger partial charge >= 0.3 is 10.3 Å². The molecule has 3 N–H and O–H groups in total. The molecule has 84 valence electrons. The van der Waals surface area contributed by atoms with Crippen molar-refractivity contribution in [2.24, 2.45) is 5.14 Å². The molecule has 6 nitrogen and oxygen atoms in total. The number of halogens is 1.